The van der Waals surface area contributed by atoms with Crippen LogP contribution in [0.15, 0.2) is 79.0 Å². The number of hydrogen-bond acceptors (Lipinski definition) is 4. The van der Waals surface area contributed by atoms with Gasteiger partial charge in [0, 0.05) is 22.7 Å². The fraction of sp³-hybridized carbons (Fsp3) is 0.0769. The van der Waals surface area contributed by atoms with Crippen molar-refractivity contribution in [2.24, 2.45) is 0 Å². The number of ether oxygens (including phenoxy) is 2. The van der Waals surface area contributed by atoms with Crippen LogP contribution in [0.25, 0.3) is 22.6 Å². The largest absolute Gasteiger partial charge is 0.496 e. The van der Waals surface area contributed by atoms with Gasteiger partial charge in [0.2, 0.25) is 0 Å². The van der Waals surface area contributed by atoms with Gasteiger partial charge in [-0.15, -0.1) is 0 Å². The number of aromatic nitrogens is 1. The van der Waals surface area contributed by atoms with E-state index < -0.39 is 0 Å². The van der Waals surface area contributed by atoms with Crippen molar-refractivity contribution in [2.45, 2.75) is 6.42 Å². The van der Waals surface area contributed by atoms with Crippen molar-refractivity contribution < 1.29 is 14.3 Å². The van der Waals surface area contributed by atoms with E-state index in [0.717, 1.165) is 22.0 Å². The summed E-state index contributed by atoms with van der Waals surface area (Å²) >= 11 is 0. The third-order valence-electron chi connectivity index (χ3n) is 4.93. The van der Waals surface area contributed by atoms with Gasteiger partial charge in [0.25, 0.3) is 0 Å². The zero-order chi connectivity index (χ0) is 21.6. The van der Waals surface area contributed by atoms with E-state index in [0.29, 0.717) is 22.6 Å². The summed E-state index contributed by atoms with van der Waals surface area (Å²) in [4.78, 5) is 15.7. The minimum atomic E-state index is -0.351. The van der Waals surface area contributed by atoms with Gasteiger partial charge in [0.1, 0.15) is 11.5 Å². The molecule has 0 spiro atoms. The lowest BCUT2D eigenvalue weighted by Crippen LogP contribution is -2.11. The van der Waals surface area contributed by atoms with E-state index >= 15 is 0 Å². The summed E-state index contributed by atoms with van der Waals surface area (Å²) in [6.07, 6.45) is 3.74. The number of H-pyrrole nitrogens is 1. The number of nitriles is 1. The van der Waals surface area contributed by atoms with Crippen LogP contribution in [-0.2, 0) is 11.2 Å². The van der Waals surface area contributed by atoms with Crippen molar-refractivity contribution in [1.82, 2.24) is 4.98 Å². The van der Waals surface area contributed by atoms with Crippen LogP contribution in [0.4, 0.5) is 0 Å². The lowest BCUT2D eigenvalue weighted by molar-refractivity contribution is -0.133. The molecular weight excluding hydrogens is 388 g/mol. The van der Waals surface area contributed by atoms with Gasteiger partial charge < -0.3 is 14.5 Å². The number of fused-ring (bicyclic) bond motifs is 1. The van der Waals surface area contributed by atoms with Crippen molar-refractivity contribution in [3.05, 3.63) is 95.7 Å². The third-order valence-corrected chi connectivity index (χ3v) is 4.93. The molecule has 0 saturated carbocycles. The molecule has 152 valence electrons. The summed E-state index contributed by atoms with van der Waals surface area (Å²) < 4.78 is 10.9. The van der Waals surface area contributed by atoms with Gasteiger partial charge in [-0.25, -0.2) is 0 Å². The summed E-state index contributed by atoms with van der Waals surface area (Å²) in [7, 11) is 1.57. The maximum Gasteiger partial charge on any atom is 0.315 e. The monoisotopic (exact) mass is 408 g/mol. The Balaban J connectivity index is 1.53. The first-order valence-electron chi connectivity index (χ1n) is 9.79. The number of nitrogens with one attached hydrogen (secondary N) is 1. The molecule has 5 nitrogen and oxygen atoms in total. The molecular formula is C26H20N2O3. The molecule has 0 bridgehead atoms. The van der Waals surface area contributed by atoms with Gasteiger partial charge in [0.05, 0.1) is 25.2 Å². The molecule has 5 heteroatoms. The number of carbonyl (C=O) groups is 1. The van der Waals surface area contributed by atoms with Gasteiger partial charge in [-0.2, -0.15) is 5.26 Å². The van der Waals surface area contributed by atoms with E-state index in [1.807, 2.05) is 60.8 Å². The Hall–Kier alpha value is -4.30. The average Bonchev–Trinajstić information content (AvgIpc) is 3.20. The fourth-order valence-corrected chi connectivity index (χ4v) is 3.47. The standard InChI is InChI=1S/C26H20N2O3/c1-30-25-12-5-3-10-23(25)19(16-27)13-18-7-6-8-21(14-18)31-26(29)15-20-17-28-24-11-4-2-9-22(20)24/h2-14,17,28H,15H2,1H3/b19-13-. The molecule has 1 aromatic heterocycles. The fourth-order valence-electron chi connectivity index (χ4n) is 3.47. The Morgan fingerprint density at radius 1 is 1.06 bits per heavy atom. The molecule has 0 amide bonds. The van der Waals surface area contributed by atoms with Crippen LogP contribution in [0.1, 0.15) is 16.7 Å². The van der Waals surface area contributed by atoms with Crippen molar-refractivity contribution in [3.63, 3.8) is 0 Å². The predicted molar refractivity (Wildman–Crippen MR) is 121 cm³/mol. The summed E-state index contributed by atoms with van der Waals surface area (Å²) in [5, 5.41) is 10.6. The smallest absolute Gasteiger partial charge is 0.315 e. The van der Waals surface area contributed by atoms with Crippen LogP contribution in [0.5, 0.6) is 11.5 Å². The topological polar surface area (TPSA) is 75.1 Å². The molecule has 4 aromatic rings. The molecule has 0 atom stereocenters. The molecule has 1 N–H and O–H groups in total. The highest BCUT2D eigenvalue weighted by atomic mass is 16.5. The summed E-state index contributed by atoms with van der Waals surface area (Å²) in [5.41, 5.74) is 3.78. The van der Waals surface area contributed by atoms with Crippen LogP contribution in [-0.4, -0.2) is 18.1 Å². The quantitative estimate of drug-likeness (QED) is 0.201. The second-order valence-corrected chi connectivity index (χ2v) is 6.95. The van der Waals surface area contributed by atoms with E-state index in [4.69, 9.17) is 9.47 Å². The van der Waals surface area contributed by atoms with Crippen molar-refractivity contribution in [1.29, 1.82) is 5.26 Å². The zero-order valence-corrected chi connectivity index (χ0v) is 17.0. The SMILES string of the molecule is COc1ccccc1/C(C#N)=C\c1cccc(OC(=O)Cc2c[nH]c3ccccc23)c1. The van der Waals surface area contributed by atoms with Gasteiger partial charge in [-0.1, -0.05) is 42.5 Å². The number of benzene rings is 3. The Labute approximate surface area is 180 Å². The van der Waals surface area contributed by atoms with Crippen molar-refractivity contribution in [3.8, 4) is 17.6 Å². The number of nitrogens with zero attached hydrogens (tertiary/aromatic N) is 1. The molecule has 0 aliphatic carbocycles. The Morgan fingerprint density at radius 3 is 2.71 bits per heavy atom. The maximum absolute atomic E-state index is 12.5. The van der Waals surface area contributed by atoms with Crippen LogP contribution in [0.3, 0.4) is 0 Å². The minimum absolute atomic E-state index is 0.161. The molecule has 0 fully saturated rings. The van der Waals surface area contributed by atoms with Gasteiger partial charge in [0.15, 0.2) is 0 Å². The number of rotatable bonds is 6. The minimum Gasteiger partial charge on any atom is -0.496 e. The molecule has 31 heavy (non-hydrogen) atoms. The van der Waals surface area contributed by atoms with E-state index in [1.165, 1.54) is 0 Å². The number of carbonyl (C=O) groups excluding carboxylic acids is 1. The van der Waals surface area contributed by atoms with Crippen molar-refractivity contribution >= 4 is 28.5 Å². The van der Waals surface area contributed by atoms with Crippen LogP contribution >= 0.6 is 0 Å². The molecule has 3 aromatic carbocycles. The van der Waals surface area contributed by atoms with E-state index in [9.17, 15) is 10.1 Å². The normalized spacial score (nSPS) is 11.2. The Morgan fingerprint density at radius 2 is 1.87 bits per heavy atom. The second kappa shape index (κ2) is 9.02. The second-order valence-electron chi connectivity index (χ2n) is 6.95. The number of aromatic amines is 1. The van der Waals surface area contributed by atoms with Gasteiger partial charge >= 0.3 is 5.97 Å². The highest BCUT2D eigenvalue weighted by molar-refractivity contribution is 5.92. The summed E-state index contributed by atoms with van der Waals surface area (Å²) in [5.74, 6) is 0.698. The van der Waals surface area contributed by atoms with E-state index in [1.54, 1.807) is 31.4 Å². The van der Waals surface area contributed by atoms with Gasteiger partial charge in [-0.3, -0.25) is 4.79 Å². The van der Waals surface area contributed by atoms with E-state index in [2.05, 4.69) is 11.1 Å². The Bertz CT molecular complexity index is 1310. The van der Waals surface area contributed by atoms with Crippen molar-refractivity contribution in [2.75, 3.05) is 7.11 Å². The third kappa shape index (κ3) is 4.49. The lowest BCUT2D eigenvalue weighted by Gasteiger charge is -2.08. The molecule has 0 aliphatic heterocycles. The average molecular weight is 408 g/mol. The van der Waals surface area contributed by atoms with Gasteiger partial charge in [-0.05, 0) is 47.5 Å². The first-order valence-corrected chi connectivity index (χ1v) is 9.79. The summed E-state index contributed by atoms with van der Waals surface area (Å²) in [6, 6.07) is 24.5. The predicted octanol–water partition coefficient (Wildman–Crippen LogP) is 5.39. The Kier molecular flexibility index (Phi) is 5.82. The van der Waals surface area contributed by atoms with Crippen LogP contribution < -0.4 is 9.47 Å². The zero-order valence-electron chi connectivity index (χ0n) is 17.0. The van der Waals surface area contributed by atoms with E-state index in [-0.39, 0.29) is 12.4 Å². The molecule has 4 rings (SSSR count). The highest BCUT2D eigenvalue weighted by Gasteiger charge is 2.12. The number of para-hydroxylation sites is 2. The van der Waals surface area contributed by atoms with Crippen LogP contribution in [0, 0.1) is 11.3 Å². The molecule has 0 radical (unpaired) electrons. The van der Waals surface area contributed by atoms with Crippen LogP contribution in [0.2, 0.25) is 0 Å². The lowest BCUT2D eigenvalue weighted by atomic mass is 10.0. The molecule has 0 aliphatic rings. The number of allylic oxidation sites excluding steroid dienone is 1. The number of esters is 1. The highest BCUT2D eigenvalue weighted by Crippen LogP contribution is 2.28. The summed E-state index contributed by atoms with van der Waals surface area (Å²) in [6.45, 7) is 0. The molecule has 0 unspecified atom stereocenters. The number of methoxy groups -OCH3 is 1. The first kappa shape index (κ1) is 20.0. The molecule has 0 saturated heterocycles. The maximum atomic E-state index is 12.5. The first-order chi connectivity index (χ1) is 15.2. The number of hydrogen-bond donors (Lipinski definition) is 1. The molecule has 1 heterocycles.